The van der Waals surface area contributed by atoms with Gasteiger partial charge < -0.3 is 15.4 Å². The zero-order chi connectivity index (χ0) is 17.3. The fourth-order valence-corrected chi connectivity index (χ4v) is 3.63. The summed E-state index contributed by atoms with van der Waals surface area (Å²) < 4.78 is 6.04. The lowest BCUT2D eigenvalue weighted by atomic mass is 9.98. The fraction of sp³-hybridized carbons (Fsp3) is 0.474. The van der Waals surface area contributed by atoms with Crippen molar-refractivity contribution in [3.05, 3.63) is 46.3 Å². The molecule has 0 spiro atoms. The Bertz CT molecular complexity index is 672. The molecule has 2 N–H and O–H groups in total. The standard InChI is InChI=1S/C19H26N4OS.HI/c1-20-19(23-13-16-8-10-25-14-16)22-12-15-7-9-21-18(11-15)24-17-5-3-2-4-6-17;/h7-11,14,17H,2-6,12-13H2,1H3,(H2,20,22,23);1H. The molecule has 0 aliphatic heterocycles. The summed E-state index contributed by atoms with van der Waals surface area (Å²) in [5.41, 5.74) is 2.40. The highest BCUT2D eigenvalue weighted by Gasteiger charge is 2.15. The lowest BCUT2D eigenvalue weighted by molar-refractivity contribution is 0.148. The van der Waals surface area contributed by atoms with E-state index in [9.17, 15) is 0 Å². The molecule has 0 amide bonds. The van der Waals surface area contributed by atoms with E-state index in [1.807, 2.05) is 18.3 Å². The van der Waals surface area contributed by atoms with Crippen LogP contribution in [0.25, 0.3) is 0 Å². The smallest absolute Gasteiger partial charge is 0.213 e. The van der Waals surface area contributed by atoms with E-state index in [-0.39, 0.29) is 24.0 Å². The van der Waals surface area contributed by atoms with Crippen LogP contribution in [0, 0.1) is 0 Å². The Hall–Kier alpha value is -1.35. The SMILES string of the molecule is CN=C(NCc1ccsc1)NCc1ccnc(OC2CCCCC2)c1.I. The quantitative estimate of drug-likeness (QED) is 0.363. The number of guanidine groups is 1. The van der Waals surface area contributed by atoms with Gasteiger partial charge in [0, 0.05) is 32.4 Å². The number of hydrogen-bond acceptors (Lipinski definition) is 4. The maximum atomic E-state index is 6.04. The molecule has 1 saturated carbocycles. The first-order valence-electron chi connectivity index (χ1n) is 8.90. The van der Waals surface area contributed by atoms with E-state index in [1.54, 1.807) is 18.4 Å². The Balaban J connectivity index is 0.00000243. The number of aromatic nitrogens is 1. The molecular formula is C19H27IN4OS. The molecule has 3 rings (SSSR count). The number of rotatable bonds is 6. The lowest BCUT2D eigenvalue weighted by Gasteiger charge is -2.22. The molecule has 0 bridgehead atoms. The van der Waals surface area contributed by atoms with E-state index in [0.717, 1.165) is 36.8 Å². The van der Waals surface area contributed by atoms with Crippen LogP contribution in [0.2, 0.25) is 0 Å². The number of aliphatic imine (C=N–C) groups is 1. The van der Waals surface area contributed by atoms with E-state index in [2.05, 4.69) is 37.4 Å². The number of hydrogen-bond donors (Lipinski definition) is 2. The molecule has 5 nitrogen and oxygen atoms in total. The maximum Gasteiger partial charge on any atom is 0.213 e. The van der Waals surface area contributed by atoms with Crippen LogP contribution >= 0.6 is 35.3 Å². The van der Waals surface area contributed by atoms with Gasteiger partial charge in [0.2, 0.25) is 5.88 Å². The van der Waals surface area contributed by atoms with Crippen molar-refractivity contribution in [2.45, 2.75) is 51.3 Å². The summed E-state index contributed by atoms with van der Waals surface area (Å²) in [7, 11) is 1.78. The van der Waals surface area contributed by atoms with Gasteiger partial charge in [-0.25, -0.2) is 4.98 Å². The van der Waals surface area contributed by atoms with Gasteiger partial charge in [0.25, 0.3) is 0 Å². The van der Waals surface area contributed by atoms with E-state index >= 15 is 0 Å². The molecule has 2 aromatic heterocycles. The van der Waals surface area contributed by atoms with Gasteiger partial charge in [-0.15, -0.1) is 24.0 Å². The Labute approximate surface area is 176 Å². The van der Waals surface area contributed by atoms with Crippen LogP contribution in [0.4, 0.5) is 0 Å². The molecule has 0 aromatic carbocycles. The van der Waals surface area contributed by atoms with Crippen molar-refractivity contribution in [3.63, 3.8) is 0 Å². The lowest BCUT2D eigenvalue weighted by Crippen LogP contribution is -2.36. The third-order valence-corrected chi connectivity index (χ3v) is 5.09. The van der Waals surface area contributed by atoms with Crippen molar-refractivity contribution in [1.29, 1.82) is 0 Å². The Morgan fingerprint density at radius 1 is 1.19 bits per heavy atom. The predicted octanol–water partition coefficient (Wildman–Crippen LogP) is 4.34. The average Bonchev–Trinajstić information content (AvgIpc) is 3.17. The summed E-state index contributed by atoms with van der Waals surface area (Å²) in [6.07, 6.45) is 8.28. The van der Waals surface area contributed by atoms with Gasteiger partial charge in [-0.1, -0.05) is 6.42 Å². The van der Waals surface area contributed by atoms with Crippen LogP contribution in [0.3, 0.4) is 0 Å². The van der Waals surface area contributed by atoms with Crippen LogP contribution in [0.1, 0.15) is 43.2 Å². The van der Waals surface area contributed by atoms with Crippen molar-refractivity contribution < 1.29 is 4.74 Å². The van der Waals surface area contributed by atoms with Crippen molar-refractivity contribution in [1.82, 2.24) is 15.6 Å². The average molecular weight is 486 g/mol. The highest BCUT2D eigenvalue weighted by atomic mass is 127. The van der Waals surface area contributed by atoms with Gasteiger partial charge in [-0.3, -0.25) is 4.99 Å². The third-order valence-electron chi connectivity index (χ3n) is 4.36. The Morgan fingerprint density at radius 3 is 2.65 bits per heavy atom. The van der Waals surface area contributed by atoms with Gasteiger partial charge in [-0.05, 0) is 59.7 Å². The second-order valence-corrected chi connectivity index (χ2v) is 7.07. The Morgan fingerprint density at radius 2 is 1.96 bits per heavy atom. The topological polar surface area (TPSA) is 58.5 Å². The minimum absolute atomic E-state index is 0. The molecular weight excluding hydrogens is 459 g/mol. The first-order valence-corrected chi connectivity index (χ1v) is 9.85. The van der Waals surface area contributed by atoms with Crippen LogP contribution in [0.5, 0.6) is 5.88 Å². The zero-order valence-electron chi connectivity index (χ0n) is 15.1. The number of nitrogens with zero attached hydrogens (tertiary/aromatic N) is 2. The van der Waals surface area contributed by atoms with E-state index in [1.165, 1.54) is 24.8 Å². The highest BCUT2D eigenvalue weighted by molar-refractivity contribution is 14.0. The van der Waals surface area contributed by atoms with Crippen molar-refractivity contribution in [2.24, 2.45) is 4.99 Å². The number of ether oxygens (including phenoxy) is 1. The van der Waals surface area contributed by atoms with Gasteiger partial charge in [0.15, 0.2) is 5.96 Å². The molecule has 2 heterocycles. The molecule has 1 aliphatic carbocycles. The summed E-state index contributed by atoms with van der Waals surface area (Å²) in [5, 5.41) is 10.9. The van der Waals surface area contributed by atoms with Crippen molar-refractivity contribution in [2.75, 3.05) is 7.05 Å². The second kappa shape index (κ2) is 11.4. The number of halogens is 1. The van der Waals surface area contributed by atoms with Crippen LogP contribution in [0.15, 0.2) is 40.1 Å². The number of pyridine rings is 1. The molecule has 142 valence electrons. The normalized spacial score (nSPS) is 15.2. The van der Waals surface area contributed by atoms with Gasteiger partial charge in [0.1, 0.15) is 6.10 Å². The molecule has 0 radical (unpaired) electrons. The summed E-state index contributed by atoms with van der Waals surface area (Å²) in [6.45, 7) is 1.46. The van der Waals surface area contributed by atoms with E-state index < -0.39 is 0 Å². The summed E-state index contributed by atoms with van der Waals surface area (Å²) in [5.74, 6) is 1.52. The largest absolute Gasteiger partial charge is 0.474 e. The Kier molecular flexibility index (Phi) is 9.17. The van der Waals surface area contributed by atoms with Crippen molar-refractivity contribution >= 4 is 41.3 Å². The molecule has 7 heteroatoms. The first kappa shape index (κ1) is 21.0. The van der Waals surface area contributed by atoms with E-state index in [0.29, 0.717) is 12.6 Å². The first-order chi connectivity index (χ1) is 12.3. The summed E-state index contributed by atoms with van der Waals surface area (Å²) in [4.78, 5) is 8.63. The number of nitrogens with one attached hydrogen (secondary N) is 2. The summed E-state index contributed by atoms with van der Waals surface area (Å²) in [6, 6.07) is 6.14. The maximum absolute atomic E-state index is 6.04. The zero-order valence-corrected chi connectivity index (χ0v) is 18.3. The minimum atomic E-state index is 0. The summed E-state index contributed by atoms with van der Waals surface area (Å²) >= 11 is 1.70. The highest BCUT2D eigenvalue weighted by Crippen LogP contribution is 2.22. The van der Waals surface area contributed by atoms with Crippen molar-refractivity contribution in [3.8, 4) is 5.88 Å². The molecule has 0 saturated heterocycles. The van der Waals surface area contributed by atoms with Gasteiger partial charge in [0.05, 0.1) is 0 Å². The fourth-order valence-electron chi connectivity index (χ4n) is 2.96. The van der Waals surface area contributed by atoms with Crippen LogP contribution in [-0.2, 0) is 13.1 Å². The molecule has 1 fully saturated rings. The molecule has 0 atom stereocenters. The molecule has 0 unspecified atom stereocenters. The van der Waals surface area contributed by atoms with Gasteiger partial charge in [-0.2, -0.15) is 11.3 Å². The monoisotopic (exact) mass is 486 g/mol. The van der Waals surface area contributed by atoms with Crippen LogP contribution in [-0.4, -0.2) is 24.1 Å². The van der Waals surface area contributed by atoms with Crippen LogP contribution < -0.4 is 15.4 Å². The predicted molar refractivity (Wildman–Crippen MR) is 119 cm³/mol. The third kappa shape index (κ3) is 6.75. The van der Waals surface area contributed by atoms with Gasteiger partial charge >= 0.3 is 0 Å². The minimum Gasteiger partial charge on any atom is -0.474 e. The molecule has 2 aromatic rings. The van der Waals surface area contributed by atoms with E-state index in [4.69, 9.17) is 4.74 Å². The molecule has 1 aliphatic rings. The number of thiophene rings is 1. The molecule has 26 heavy (non-hydrogen) atoms. The second-order valence-electron chi connectivity index (χ2n) is 6.29.